The number of rotatable bonds is 4. The Hall–Kier alpha value is -2.50. The molecule has 0 amide bonds. The molecule has 21 heavy (non-hydrogen) atoms. The summed E-state index contributed by atoms with van der Waals surface area (Å²) in [4.78, 5) is 15.2. The normalized spacial score (nSPS) is 10.3. The fourth-order valence-electron chi connectivity index (χ4n) is 1.62. The van der Waals surface area contributed by atoms with Crippen LogP contribution >= 0.6 is 0 Å². The highest BCUT2D eigenvalue weighted by atomic mass is 19.1. The summed E-state index contributed by atoms with van der Waals surface area (Å²) in [7, 11) is 0. The van der Waals surface area contributed by atoms with Crippen LogP contribution in [0.25, 0.3) is 0 Å². The Balaban J connectivity index is 2.26. The molecule has 0 radical (unpaired) electrons. The average molecular weight is 293 g/mol. The molecule has 2 rings (SSSR count). The summed E-state index contributed by atoms with van der Waals surface area (Å²) in [6.07, 6.45) is 0.878. The van der Waals surface area contributed by atoms with E-state index in [4.69, 9.17) is 9.47 Å². The molecule has 0 aliphatic carbocycles. The second-order valence-corrected chi connectivity index (χ2v) is 4.20. The van der Waals surface area contributed by atoms with E-state index in [2.05, 4.69) is 4.98 Å². The van der Waals surface area contributed by atoms with E-state index in [1.807, 2.05) is 0 Å². The Morgan fingerprint density at radius 1 is 1.33 bits per heavy atom. The van der Waals surface area contributed by atoms with Crippen molar-refractivity contribution in [3.05, 3.63) is 53.2 Å². The van der Waals surface area contributed by atoms with Gasteiger partial charge in [0.1, 0.15) is 11.6 Å². The van der Waals surface area contributed by atoms with Crippen LogP contribution in [0, 0.1) is 18.6 Å². The first-order chi connectivity index (χ1) is 10.0. The number of aromatic nitrogens is 1. The van der Waals surface area contributed by atoms with Crippen molar-refractivity contribution >= 4 is 5.97 Å². The molecule has 4 nitrogen and oxygen atoms in total. The van der Waals surface area contributed by atoms with E-state index >= 15 is 0 Å². The molecule has 1 aromatic carbocycles. The predicted octanol–water partition coefficient (Wildman–Crippen LogP) is 3.64. The fraction of sp³-hybridized carbons (Fsp3) is 0.200. The molecule has 0 aliphatic heterocycles. The number of ether oxygens (including phenoxy) is 2. The van der Waals surface area contributed by atoms with Crippen LogP contribution < -0.4 is 4.74 Å². The van der Waals surface area contributed by atoms with Crippen LogP contribution in [0.5, 0.6) is 11.6 Å². The molecule has 0 spiro atoms. The number of halogens is 2. The van der Waals surface area contributed by atoms with E-state index < -0.39 is 17.6 Å². The van der Waals surface area contributed by atoms with Gasteiger partial charge in [-0.2, -0.15) is 0 Å². The van der Waals surface area contributed by atoms with Crippen molar-refractivity contribution in [2.24, 2.45) is 0 Å². The molecule has 0 atom stereocenters. The van der Waals surface area contributed by atoms with Gasteiger partial charge in [-0.15, -0.1) is 0 Å². The quantitative estimate of drug-likeness (QED) is 0.808. The van der Waals surface area contributed by atoms with Crippen molar-refractivity contribution in [3.63, 3.8) is 0 Å². The maximum Gasteiger partial charge on any atom is 0.338 e. The van der Waals surface area contributed by atoms with Crippen LogP contribution in [0.4, 0.5) is 8.78 Å². The fourth-order valence-corrected chi connectivity index (χ4v) is 1.62. The number of carbonyl (C=O) groups is 1. The van der Waals surface area contributed by atoms with Crippen LogP contribution in [-0.4, -0.2) is 17.6 Å². The third-order valence-corrected chi connectivity index (χ3v) is 2.73. The van der Waals surface area contributed by atoms with Gasteiger partial charge in [-0.1, -0.05) is 6.07 Å². The molecule has 2 aromatic rings. The Labute approximate surface area is 120 Å². The monoisotopic (exact) mass is 293 g/mol. The van der Waals surface area contributed by atoms with E-state index in [9.17, 15) is 13.6 Å². The van der Waals surface area contributed by atoms with Gasteiger partial charge in [0.2, 0.25) is 0 Å². The Morgan fingerprint density at radius 3 is 2.81 bits per heavy atom. The lowest BCUT2D eigenvalue weighted by Crippen LogP contribution is -2.04. The van der Waals surface area contributed by atoms with Crippen LogP contribution in [-0.2, 0) is 4.74 Å². The zero-order chi connectivity index (χ0) is 15.4. The number of esters is 1. The zero-order valence-electron chi connectivity index (χ0n) is 11.5. The third kappa shape index (κ3) is 3.34. The van der Waals surface area contributed by atoms with E-state index in [-0.39, 0.29) is 29.4 Å². The maximum atomic E-state index is 13.8. The number of benzene rings is 1. The summed E-state index contributed by atoms with van der Waals surface area (Å²) in [5.41, 5.74) is 0.0927. The number of nitrogens with zero attached hydrogens (tertiary/aromatic N) is 1. The molecule has 0 bridgehead atoms. The molecule has 0 fully saturated rings. The second-order valence-electron chi connectivity index (χ2n) is 4.20. The maximum absolute atomic E-state index is 13.8. The highest BCUT2D eigenvalue weighted by molar-refractivity contribution is 5.89. The first-order valence-electron chi connectivity index (χ1n) is 6.28. The minimum absolute atomic E-state index is 0.179. The number of hydrogen-bond donors (Lipinski definition) is 0. The topological polar surface area (TPSA) is 48.4 Å². The lowest BCUT2D eigenvalue weighted by Gasteiger charge is -2.08. The summed E-state index contributed by atoms with van der Waals surface area (Å²) in [6.45, 7) is 3.23. The van der Waals surface area contributed by atoms with Gasteiger partial charge in [0.15, 0.2) is 5.82 Å². The summed E-state index contributed by atoms with van der Waals surface area (Å²) in [6, 6.07) is 6.04. The lowest BCUT2D eigenvalue weighted by atomic mass is 10.2. The third-order valence-electron chi connectivity index (χ3n) is 2.73. The molecule has 0 aliphatic rings. The summed E-state index contributed by atoms with van der Waals surface area (Å²) in [5.74, 6) is -2.28. The minimum atomic E-state index is -0.878. The van der Waals surface area contributed by atoms with Gasteiger partial charge in [-0.05, 0) is 32.0 Å². The van der Waals surface area contributed by atoms with Crippen molar-refractivity contribution in [2.45, 2.75) is 13.8 Å². The van der Waals surface area contributed by atoms with E-state index in [0.29, 0.717) is 0 Å². The second kappa shape index (κ2) is 6.30. The molecular formula is C15H13F2NO3. The average Bonchev–Trinajstić information content (AvgIpc) is 2.48. The number of carbonyl (C=O) groups excluding carboxylic acids is 1. The summed E-state index contributed by atoms with van der Waals surface area (Å²) in [5, 5.41) is 0. The summed E-state index contributed by atoms with van der Waals surface area (Å²) < 4.78 is 37.1. The van der Waals surface area contributed by atoms with E-state index in [1.54, 1.807) is 19.1 Å². The highest BCUT2D eigenvalue weighted by Crippen LogP contribution is 2.25. The van der Waals surface area contributed by atoms with Gasteiger partial charge in [-0.25, -0.2) is 18.6 Å². The van der Waals surface area contributed by atoms with Crippen molar-refractivity contribution in [1.29, 1.82) is 0 Å². The van der Waals surface area contributed by atoms with Crippen LogP contribution in [0.15, 0.2) is 30.5 Å². The summed E-state index contributed by atoms with van der Waals surface area (Å²) >= 11 is 0. The Morgan fingerprint density at radius 2 is 2.10 bits per heavy atom. The van der Waals surface area contributed by atoms with Crippen LogP contribution in [0.3, 0.4) is 0 Å². The molecule has 110 valence electrons. The zero-order valence-corrected chi connectivity index (χ0v) is 11.5. The largest absolute Gasteiger partial charge is 0.462 e. The van der Waals surface area contributed by atoms with Crippen LogP contribution in [0.2, 0.25) is 0 Å². The van der Waals surface area contributed by atoms with Crippen LogP contribution in [0.1, 0.15) is 22.8 Å². The van der Waals surface area contributed by atoms with Crippen molar-refractivity contribution in [3.8, 4) is 11.6 Å². The standard InChI is InChI=1S/C15H13F2NO3/c1-3-20-15(19)10-5-4-6-11(7-10)21-14-13(17)9(2)12(16)8-18-14/h4-8H,3H2,1-2H3. The lowest BCUT2D eigenvalue weighted by molar-refractivity contribution is 0.0526. The molecule has 6 heteroatoms. The van der Waals surface area contributed by atoms with E-state index in [0.717, 1.165) is 6.20 Å². The highest BCUT2D eigenvalue weighted by Gasteiger charge is 2.14. The number of pyridine rings is 1. The van der Waals surface area contributed by atoms with Crippen molar-refractivity contribution in [1.82, 2.24) is 4.98 Å². The van der Waals surface area contributed by atoms with Crippen molar-refractivity contribution < 1.29 is 23.0 Å². The van der Waals surface area contributed by atoms with E-state index in [1.165, 1.54) is 19.1 Å². The molecular weight excluding hydrogens is 280 g/mol. The number of hydrogen-bond acceptors (Lipinski definition) is 4. The minimum Gasteiger partial charge on any atom is -0.462 e. The van der Waals surface area contributed by atoms with Gasteiger partial charge in [0.05, 0.1) is 18.4 Å². The first-order valence-corrected chi connectivity index (χ1v) is 6.28. The Kier molecular flexibility index (Phi) is 4.47. The van der Waals surface area contributed by atoms with Gasteiger partial charge in [-0.3, -0.25) is 0 Å². The van der Waals surface area contributed by atoms with Gasteiger partial charge in [0.25, 0.3) is 5.88 Å². The molecule has 0 N–H and O–H groups in total. The smallest absolute Gasteiger partial charge is 0.338 e. The van der Waals surface area contributed by atoms with Crippen molar-refractivity contribution in [2.75, 3.05) is 6.61 Å². The molecule has 1 aromatic heterocycles. The molecule has 0 unspecified atom stereocenters. The molecule has 0 saturated carbocycles. The van der Waals surface area contributed by atoms with Gasteiger partial charge >= 0.3 is 5.97 Å². The van der Waals surface area contributed by atoms with Gasteiger partial charge in [0, 0.05) is 5.56 Å². The molecule has 1 heterocycles. The SMILES string of the molecule is CCOC(=O)c1cccc(Oc2ncc(F)c(C)c2F)c1. The first kappa shape index (κ1) is 14.9. The Bertz CT molecular complexity index is 674. The predicted molar refractivity (Wildman–Crippen MR) is 71.4 cm³/mol. The molecule has 0 saturated heterocycles. The van der Waals surface area contributed by atoms with Gasteiger partial charge < -0.3 is 9.47 Å².